The van der Waals surface area contributed by atoms with Gasteiger partial charge < -0.3 is 11.1 Å². The molecule has 6 heteroatoms. The predicted molar refractivity (Wildman–Crippen MR) is 62.4 cm³/mol. The zero-order valence-electron chi connectivity index (χ0n) is 8.20. The van der Waals surface area contributed by atoms with E-state index in [0.29, 0.717) is 16.4 Å². The smallest absolute Gasteiger partial charge is 0.275 e. The zero-order chi connectivity index (χ0) is 11.5. The lowest BCUT2D eigenvalue weighted by atomic mass is 10.3. The minimum Gasteiger partial charge on any atom is -0.396 e. The lowest BCUT2D eigenvalue weighted by molar-refractivity contribution is 0.102. The molecule has 2 rings (SSSR count). The normalized spacial score (nSPS) is 10.1. The number of carbonyl (C=O) groups is 1. The quantitative estimate of drug-likeness (QED) is 0.745. The van der Waals surface area contributed by atoms with E-state index in [1.54, 1.807) is 24.3 Å². The first-order chi connectivity index (χ1) is 7.66. The van der Waals surface area contributed by atoms with E-state index in [-0.39, 0.29) is 11.6 Å². The predicted octanol–water partition coefficient (Wildman–Crippen LogP) is 1.90. The van der Waals surface area contributed by atoms with Gasteiger partial charge >= 0.3 is 0 Å². The Kier molecular flexibility index (Phi) is 2.78. The number of rotatable bonds is 2. The van der Waals surface area contributed by atoms with Crippen molar-refractivity contribution in [3.63, 3.8) is 0 Å². The molecule has 1 heterocycles. The van der Waals surface area contributed by atoms with Gasteiger partial charge in [-0.15, -0.1) is 0 Å². The Bertz CT molecular complexity index is 523. The van der Waals surface area contributed by atoms with E-state index in [4.69, 9.17) is 17.3 Å². The number of aromatic amines is 1. The van der Waals surface area contributed by atoms with Crippen LogP contribution in [0.2, 0.25) is 5.02 Å². The second-order valence-electron chi connectivity index (χ2n) is 3.16. The van der Waals surface area contributed by atoms with E-state index in [1.165, 1.54) is 6.20 Å². The molecule has 1 amide bonds. The van der Waals surface area contributed by atoms with Crippen molar-refractivity contribution in [1.82, 2.24) is 10.2 Å². The van der Waals surface area contributed by atoms with Crippen molar-refractivity contribution in [2.75, 3.05) is 11.1 Å². The number of hydrogen-bond donors (Lipinski definition) is 3. The summed E-state index contributed by atoms with van der Waals surface area (Å²) in [4.78, 5) is 11.7. The minimum atomic E-state index is -0.350. The van der Waals surface area contributed by atoms with Crippen molar-refractivity contribution in [3.8, 4) is 0 Å². The number of amides is 1. The van der Waals surface area contributed by atoms with Crippen molar-refractivity contribution in [2.24, 2.45) is 0 Å². The van der Waals surface area contributed by atoms with Gasteiger partial charge in [-0.25, -0.2) is 0 Å². The maximum atomic E-state index is 11.7. The molecule has 0 aliphatic rings. The van der Waals surface area contributed by atoms with E-state index in [0.717, 1.165) is 0 Å². The summed E-state index contributed by atoms with van der Waals surface area (Å²) < 4.78 is 0. The first-order valence-electron chi connectivity index (χ1n) is 4.52. The van der Waals surface area contributed by atoms with Crippen LogP contribution >= 0.6 is 11.6 Å². The highest BCUT2D eigenvalue weighted by atomic mass is 35.5. The summed E-state index contributed by atoms with van der Waals surface area (Å²) in [5.41, 5.74) is 6.69. The average molecular weight is 237 g/mol. The minimum absolute atomic E-state index is 0.236. The van der Waals surface area contributed by atoms with E-state index in [9.17, 15) is 4.79 Å². The molecule has 0 aliphatic heterocycles. The highest BCUT2D eigenvalue weighted by Crippen LogP contribution is 2.16. The molecule has 0 saturated heterocycles. The molecule has 16 heavy (non-hydrogen) atoms. The summed E-state index contributed by atoms with van der Waals surface area (Å²) >= 11 is 5.79. The molecule has 1 aromatic carbocycles. The molecule has 5 nitrogen and oxygen atoms in total. The van der Waals surface area contributed by atoms with Gasteiger partial charge in [0.15, 0.2) is 0 Å². The molecular formula is C10H9ClN4O. The van der Waals surface area contributed by atoms with Crippen LogP contribution in [0.1, 0.15) is 10.5 Å². The molecule has 0 saturated carbocycles. The van der Waals surface area contributed by atoms with Gasteiger partial charge in [0.2, 0.25) is 0 Å². The lowest BCUT2D eigenvalue weighted by Gasteiger charge is -2.04. The van der Waals surface area contributed by atoms with Crippen molar-refractivity contribution < 1.29 is 4.79 Å². The topological polar surface area (TPSA) is 83.8 Å². The molecule has 2 aromatic rings. The van der Waals surface area contributed by atoms with Gasteiger partial charge in [-0.05, 0) is 18.2 Å². The monoisotopic (exact) mass is 236 g/mol. The van der Waals surface area contributed by atoms with Crippen molar-refractivity contribution in [3.05, 3.63) is 41.2 Å². The van der Waals surface area contributed by atoms with Gasteiger partial charge in [0.25, 0.3) is 5.91 Å². The summed E-state index contributed by atoms with van der Waals surface area (Å²) in [6, 6.07) is 6.85. The third-order valence-corrected chi connectivity index (χ3v) is 2.21. The lowest BCUT2D eigenvalue weighted by Crippen LogP contribution is -2.14. The molecule has 0 radical (unpaired) electrons. The Labute approximate surface area is 96.6 Å². The highest BCUT2D eigenvalue weighted by molar-refractivity contribution is 6.31. The van der Waals surface area contributed by atoms with Crippen LogP contribution in [-0.2, 0) is 0 Å². The number of nitrogen functional groups attached to an aromatic ring is 1. The van der Waals surface area contributed by atoms with Crippen molar-refractivity contribution in [1.29, 1.82) is 0 Å². The number of halogens is 1. The number of aromatic nitrogens is 2. The highest BCUT2D eigenvalue weighted by Gasteiger charge is 2.11. The van der Waals surface area contributed by atoms with Crippen LogP contribution in [0.5, 0.6) is 0 Å². The van der Waals surface area contributed by atoms with Crippen LogP contribution in [0.3, 0.4) is 0 Å². The van der Waals surface area contributed by atoms with Gasteiger partial charge in [-0.3, -0.25) is 9.89 Å². The Morgan fingerprint density at radius 3 is 2.94 bits per heavy atom. The first-order valence-corrected chi connectivity index (χ1v) is 4.90. The number of hydrogen-bond acceptors (Lipinski definition) is 3. The maximum Gasteiger partial charge on any atom is 0.275 e. The molecule has 0 spiro atoms. The van der Waals surface area contributed by atoms with E-state index < -0.39 is 0 Å². The SMILES string of the molecule is Nc1cn[nH]c1C(=O)Nc1cccc(Cl)c1. The molecular weight excluding hydrogens is 228 g/mol. The molecule has 4 N–H and O–H groups in total. The van der Waals surface area contributed by atoms with Crippen LogP contribution in [0.4, 0.5) is 11.4 Å². The fourth-order valence-corrected chi connectivity index (χ4v) is 1.43. The molecule has 82 valence electrons. The zero-order valence-corrected chi connectivity index (χ0v) is 8.95. The maximum absolute atomic E-state index is 11.7. The largest absolute Gasteiger partial charge is 0.396 e. The fourth-order valence-electron chi connectivity index (χ4n) is 1.24. The van der Waals surface area contributed by atoms with Gasteiger partial charge in [0, 0.05) is 10.7 Å². The van der Waals surface area contributed by atoms with Crippen LogP contribution in [0.25, 0.3) is 0 Å². The molecule has 0 aliphatic carbocycles. The van der Waals surface area contributed by atoms with Crippen LogP contribution in [0, 0.1) is 0 Å². The van der Waals surface area contributed by atoms with E-state index in [1.807, 2.05) is 0 Å². The van der Waals surface area contributed by atoms with E-state index in [2.05, 4.69) is 15.5 Å². The van der Waals surface area contributed by atoms with E-state index >= 15 is 0 Å². The molecule has 0 unspecified atom stereocenters. The van der Waals surface area contributed by atoms with Crippen molar-refractivity contribution >= 4 is 28.9 Å². The third-order valence-electron chi connectivity index (χ3n) is 1.98. The Morgan fingerprint density at radius 2 is 2.31 bits per heavy atom. The van der Waals surface area contributed by atoms with Crippen LogP contribution in [-0.4, -0.2) is 16.1 Å². The molecule has 1 aromatic heterocycles. The Balaban J connectivity index is 2.17. The summed E-state index contributed by atoms with van der Waals surface area (Å²) in [5, 5.41) is 9.39. The summed E-state index contributed by atoms with van der Waals surface area (Å²) in [7, 11) is 0. The second-order valence-corrected chi connectivity index (χ2v) is 3.60. The first kappa shape index (κ1) is 10.5. The number of nitrogens with zero attached hydrogens (tertiary/aromatic N) is 1. The van der Waals surface area contributed by atoms with Crippen LogP contribution < -0.4 is 11.1 Å². The Hall–Kier alpha value is -2.01. The second kappa shape index (κ2) is 4.24. The number of anilines is 2. The number of benzene rings is 1. The standard InChI is InChI=1S/C10H9ClN4O/c11-6-2-1-3-7(4-6)14-10(16)9-8(12)5-13-15-9/h1-5H,12H2,(H,13,15)(H,14,16). The average Bonchev–Trinajstić information content (AvgIpc) is 2.64. The number of H-pyrrole nitrogens is 1. The van der Waals surface area contributed by atoms with Gasteiger partial charge in [-0.2, -0.15) is 5.10 Å². The molecule has 0 fully saturated rings. The Morgan fingerprint density at radius 1 is 1.50 bits per heavy atom. The van der Waals surface area contributed by atoms with Crippen LogP contribution in [0.15, 0.2) is 30.5 Å². The van der Waals surface area contributed by atoms with Crippen molar-refractivity contribution in [2.45, 2.75) is 0 Å². The summed E-state index contributed by atoms with van der Waals surface area (Å²) in [6.45, 7) is 0. The number of carbonyl (C=O) groups excluding carboxylic acids is 1. The molecule has 0 atom stereocenters. The van der Waals surface area contributed by atoms with Gasteiger partial charge in [-0.1, -0.05) is 17.7 Å². The number of nitrogens with two attached hydrogens (primary N) is 1. The number of nitrogens with one attached hydrogen (secondary N) is 2. The molecule has 0 bridgehead atoms. The van der Waals surface area contributed by atoms with Gasteiger partial charge in [0.1, 0.15) is 5.69 Å². The summed E-state index contributed by atoms with van der Waals surface area (Å²) in [6.07, 6.45) is 1.38. The summed E-state index contributed by atoms with van der Waals surface area (Å²) in [5.74, 6) is -0.350. The third kappa shape index (κ3) is 2.14. The van der Waals surface area contributed by atoms with Gasteiger partial charge in [0.05, 0.1) is 11.9 Å². The fraction of sp³-hybridized carbons (Fsp3) is 0.